The van der Waals surface area contributed by atoms with Gasteiger partial charge in [-0.25, -0.2) is 4.99 Å². The SMILES string of the molecule is CCNC(=NCc1cccc(CN(C)C)c1)NC1CC=CC1. The van der Waals surface area contributed by atoms with Gasteiger partial charge >= 0.3 is 0 Å². The summed E-state index contributed by atoms with van der Waals surface area (Å²) in [5.74, 6) is 0.911. The summed E-state index contributed by atoms with van der Waals surface area (Å²) in [5, 5.41) is 6.83. The van der Waals surface area contributed by atoms with Crippen LogP contribution in [0.3, 0.4) is 0 Å². The highest BCUT2D eigenvalue weighted by molar-refractivity contribution is 5.80. The van der Waals surface area contributed by atoms with Crippen LogP contribution in [0, 0.1) is 0 Å². The molecule has 1 aliphatic carbocycles. The molecule has 0 saturated carbocycles. The number of guanidine groups is 1. The third-order valence-electron chi connectivity index (χ3n) is 3.60. The number of hydrogen-bond donors (Lipinski definition) is 2. The Morgan fingerprint density at radius 2 is 1.95 bits per heavy atom. The molecular weight excluding hydrogens is 272 g/mol. The molecule has 1 aliphatic rings. The lowest BCUT2D eigenvalue weighted by atomic mass is 10.1. The molecule has 0 spiro atoms. The number of benzene rings is 1. The molecule has 0 saturated heterocycles. The van der Waals surface area contributed by atoms with Crippen LogP contribution in [0.2, 0.25) is 0 Å². The second-order valence-corrected chi connectivity index (χ2v) is 6.04. The van der Waals surface area contributed by atoms with Crippen molar-refractivity contribution in [1.82, 2.24) is 15.5 Å². The molecule has 4 heteroatoms. The molecule has 1 aromatic carbocycles. The van der Waals surface area contributed by atoms with Gasteiger partial charge in [-0.1, -0.05) is 36.4 Å². The number of aliphatic imine (C=N–C) groups is 1. The van der Waals surface area contributed by atoms with Crippen LogP contribution in [0.4, 0.5) is 0 Å². The van der Waals surface area contributed by atoms with E-state index in [1.807, 2.05) is 0 Å². The molecule has 0 unspecified atom stereocenters. The van der Waals surface area contributed by atoms with Gasteiger partial charge in [-0.2, -0.15) is 0 Å². The molecule has 22 heavy (non-hydrogen) atoms. The Labute approximate surface area is 134 Å². The smallest absolute Gasteiger partial charge is 0.191 e. The lowest BCUT2D eigenvalue weighted by Crippen LogP contribution is -2.42. The zero-order valence-electron chi connectivity index (χ0n) is 14.0. The Balaban J connectivity index is 1.96. The molecule has 0 amide bonds. The molecule has 0 fully saturated rings. The molecule has 0 heterocycles. The van der Waals surface area contributed by atoms with E-state index < -0.39 is 0 Å². The Morgan fingerprint density at radius 1 is 1.23 bits per heavy atom. The number of hydrogen-bond acceptors (Lipinski definition) is 2. The Morgan fingerprint density at radius 3 is 2.64 bits per heavy atom. The Kier molecular flexibility index (Phi) is 6.46. The average Bonchev–Trinajstić information content (AvgIpc) is 2.98. The van der Waals surface area contributed by atoms with Crippen molar-refractivity contribution in [3.05, 3.63) is 47.5 Å². The van der Waals surface area contributed by atoms with E-state index in [9.17, 15) is 0 Å². The van der Waals surface area contributed by atoms with Gasteiger partial charge in [0, 0.05) is 19.1 Å². The second kappa shape index (κ2) is 8.59. The fraction of sp³-hybridized carbons (Fsp3) is 0.500. The van der Waals surface area contributed by atoms with Crippen LogP contribution in [0.5, 0.6) is 0 Å². The van der Waals surface area contributed by atoms with Crippen molar-refractivity contribution in [2.45, 2.75) is 38.9 Å². The quantitative estimate of drug-likeness (QED) is 0.482. The number of nitrogens with one attached hydrogen (secondary N) is 2. The number of rotatable bonds is 6. The number of nitrogens with zero attached hydrogens (tertiary/aromatic N) is 2. The Hall–Kier alpha value is -1.81. The molecule has 0 aliphatic heterocycles. The van der Waals surface area contributed by atoms with Gasteiger partial charge in [0.25, 0.3) is 0 Å². The maximum absolute atomic E-state index is 4.72. The van der Waals surface area contributed by atoms with Crippen LogP contribution in [-0.2, 0) is 13.1 Å². The van der Waals surface area contributed by atoms with Crippen LogP contribution in [0.15, 0.2) is 41.4 Å². The predicted octanol–water partition coefficient (Wildman–Crippen LogP) is 2.52. The minimum absolute atomic E-state index is 0.484. The van der Waals surface area contributed by atoms with Crippen molar-refractivity contribution < 1.29 is 0 Å². The molecular formula is C18H28N4. The summed E-state index contributed by atoms with van der Waals surface area (Å²) in [4.78, 5) is 6.90. The van der Waals surface area contributed by atoms with E-state index in [0.29, 0.717) is 12.6 Å². The van der Waals surface area contributed by atoms with Crippen LogP contribution in [0.1, 0.15) is 30.9 Å². The van der Waals surface area contributed by atoms with Crippen molar-refractivity contribution in [1.29, 1.82) is 0 Å². The first-order chi connectivity index (χ1) is 10.7. The monoisotopic (exact) mass is 300 g/mol. The van der Waals surface area contributed by atoms with Gasteiger partial charge in [0.05, 0.1) is 6.54 Å². The Bertz CT molecular complexity index is 512. The topological polar surface area (TPSA) is 39.7 Å². The minimum atomic E-state index is 0.484. The summed E-state index contributed by atoms with van der Waals surface area (Å²) in [6.07, 6.45) is 6.63. The minimum Gasteiger partial charge on any atom is -0.357 e. The van der Waals surface area contributed by atoms with Crippen LogP contribution < -0.4 is 10.6 Å². The van der Waals surface area contributed by atoms with E-state index in [1.54, 1.807) is 0 Å². The molecule has 2 N–H and O–H groups in total. The summed E-state index contributed by atoms with van der Waals surface area (Å²) < 4.78 is 0. The van der Waals surface area contributed by atoms with E-state index in [1.165, 1.54) is 11.1 Å². The highest BCUT2D eigenvalue weighted by atomic mass is 15.2. The van der Waals surface area contributed by atoms with Crippen molar-refractivity contribution >= 4 is 5.96 Å². The van der Waals surface area contributed by atoms with Gasteiger partial charge in [-0.3, -0.25) is 0 Å². The molecule has 120 valence electrons. The molecule has 2 rings (SSSR count). The van der Waals surface area contributed by atoms with E-state index in [2.05, 4.69) is 73.0 Å². The van der Waals surface area contributed by atoms with Gasteiger partial charge in [-0.05, 0) is 45.0 Å². The van der Waals surface area contributed by atoms with E-state index in [0.717, 1.165) is 31.9 Å². The third-order valence-corrected chi connectivity index (χ3v) is 3.60. The van der Waals surface area contributed by atoms with Crippen LogP contribution >= 0.6 is 0 Å². The fourth-order valence-electron chi connectivity index (χ4n) is 2.61. The predicted molar refractivity (Wildman–Crippen MR) is 93.9 cm³/mol. The largest absolute Gasteiger partial charge is 0.357 e. The first-order valence-electron chi connectivity index (χ1n) is 8.09. The van der Waals surface area contributed by atoms with E-state index in [4.69, 9.17) is 4.99 Å². The van der Waals surface area contributed by atoms with Crippen molar-refractivity contribution in [2.75, 3.05) is 20.6 Å². The lowest BCUT2D eigenvalue weighted by Gasteiger charge is -2.16. The van der Waals surface area contributed by atoms with E-state index in [-0.39, 0.29) is 0 Å². The zero-order chi connectivity index (χ0) is 15.8. The normalized spacial score (nSPS) is 15.5. The van der Waals surface area contributed by atoms with Crippen LogP contribution in [0.25, 0.3) is 0 Å². The zero-order valence-corrected chi connectivity index (χ0v) is 14.0. The van der Waals surface area contributed by atoms with Crippen molar-refractivity contribution in [3.63, 3.8) is 0 Å². The first-order valence-corrected chi connectivity index (χ1v) is 8.09. The van der Waals surface area contributed by atoms with E-state index >= 15 is 0 Å². The molecule has 0 radical (unpaired) electrons. The van der Waals surface area contributed by atoms with Crippen molar-refractivity contribution in [2.24, 2.45) is 4.99 Å². The van der Waals surface area contributed by atoms with Gasteiger partial charge in [0.2, 0.25) is 0 Å². The summed E-state index contributed by atoms with van der Waals surface area (Å²) in [6.45, 7) is 4.65. The second-order valence-electron chi connectivity index (χ2n) is 6.04. The van der Waals surface area contributed by atoms with Gasteiger partial charge in [0.1, 0.15) is 0 Å². The summed E-state index contributed by atoms with van der Waals surface area (Å²) in [5.41, 5.74) is 2.58. The van der Waals surface area contributed by atoms with Crippen molar-refractivity contribution in [3.8, 4) is 0 Å². The van der Waals surface area contributed by atoms with Crippen LogP contribution in [-0.4, -0.2) is 37.5 Å². The first kappa shape index (κ1) is 16.6. The molecule has 1 aromatic rings. The molecule has 0 aromatic heterocycles. The summed E-state index contributed by atoms with van der Waals surface area (Å²) in [6, 6.07) is 9.15. The summed E-state index contributed by atoms with van der Waals surface area (Å²) in [7, 11) is 4.18. The summed E-state index contributed by atoms with van der Waals surface area (Å²) >= 11 is 0. The average molecular weight is 300 g/mol. The van der Waals surface area contributed by atoms with Gasteiger partial charge < -0.3 is 15.5 Å². The standard InChI is InChI=1S/C18H28N4/c1-4-19-18(21-17-10-5-6-11-17)20-13-15-8-7-9-16(12-15)14-22(2)3/h5-9,12,17H,4,10-11,13-14H2,1-3H3,(H2,19,20,21). The maximum Gasteiger partial charge on any atom is 0.191 e. The molecule has 0 bridgehead atoms. The fourth-order valence-corrected chi connectivity index (χ4v) is 2.61. The molecule has 4 nitrogen and oxygen atoms in total. The highest BCUT2D eigenvalue weighted by Gasteiger charge is 2.11. The maximum atomic E-state index is 4.72. The third kappa shape index (κ3) is 5.53. The van der Waals surface area contributed by atoms with Gasteiger partial charge in [0.15, 0.2) is 5.96 Å². The highest BCUT2D eigenvalue weighted by Crippen LogP contribution is 2.10. The molecule has 0 atom stereocenters. The van der Waals surface area contributed by atoms with Gasteiger partial charge in [-0.15, -0.1) is 0 Å². The lowest BCUT2D eigenvalue weighted by molar-refractivity contribution is 0.402.